The van der Waals surface area contributed by atoms with E-state index in [-0.39, 0.29) is 0 Å². The zero-order valence-electron chi connectivity index (χ0n) is 10.9. The molecule has 0 saturated carbocycles. The first-order valence-corrected chi connectivity index (χ1v) is 7.28. The van der Waals surface area contributed by atoms with E-state index in [1.54, 1.807) is 0 Å². The van der Waals surface area contributed by atoms with Crippen molar-refractivity contribution in [2.24, 2.45) is 0 Å². The number of terminal acetylenes is 1. The third-order valence-corrected chi connectivity index (χ3v) is 3.34. The van der Waals surface area contributed by atoms with Gasteiger partial charge in [-0.25, -0.2) is 4.98 Å². The number of thioether (sulfide) groups is 1. The molecule has 3 nitrogen and oxygen atoms in total. The summed E-state index contributed by atoms with van der Waals surface area (Å²) in [6, 6.07) is 0. The van der Waals surface area contributed by atoms with Crippen LogP contribution in [0, 0.1) is 12.3 Å². The van der Waals surface area contributed by atoms with E-state index < -0.39 is 0 Å². The lowest BCUT2D eigenvalue weighted by Gasteiger charge is -2.08. The molecular weight excluding hydrogens is 230 g/mol. The molecule has 0 spiro atoms. The second-order valence-electron chi connectivity index (χ2n) is 4.34. The molecule has 0 aliphatic heterocycles. The van der Waals surface area contributed by atoms with E-state index in [9.17, 15) is 0 Å². The Hall–Kier alpha value is -1.08. The lowest BCUT2D eigenvalue weighted by Crippen LogP contribution is -2.07. The summed E-state index contributed by atoms with van der Waals surface area (Å²) in [5, 5.41) is 0. The summed E-state index contributed by atoms with van der Waals surface area (Å²) in [6.45, 7) is 4.73. The van der Waals surface area contributed by atoms with Crippen molar-refractivity contribution in [3.8, 4) is 12.3 Å². The molecule has 0 radical (unpaired) electrons. The summed E-state index contributed by atoms with van der Waals surface area (Å²) in [5.74, 6) is 5.87. The highest BCUT2D eigenvalue weighted by molar-refractivity contribution is 7.98. The number of aromatic nitrogens is 2. The van der Waals surface area contributed by atoms with Gasteiger partial charge in [0, 0.05) is 5.92 Å². The summed E-state index contributed by atoms with van der Waals surface area (Å²) in [7, 11) is 0. The average molecular weight is 251 g/mol. The normalized spacial score (nSPS) is 10.8. The lowest BCUT2D eigenvalue weighted by atomic mass is 10.2. The molecule has 0 aliphatic rings. The fraction of sp³-hybridized carbons (Fsp3) is 0.615. The SMILES string of the molecule is C#CCn1c(C(C)C)nc(CCCSC)c1N. The number of hydrogen-bond donors (Lipinski definition) is 1. The minimum absolute atomic E-state index is 0.347. The van der Waals surface area contributed by atoms with Crippen molar-refractivity contribution in [3.63, 3.8) is 0 Å². The number of rotatable bonds is 6. The second-order valence-corrected chi connectivity index (χ2v) is 5.33. The predicted octanol–water partition coefficient (Wildman–Crippen LogP) is 2.52. The number of nitrogen functional groups attached to an aromatic ring is 1. The maximum atomic E-state index is 6.11. The molecule has 17 heavy (non-hydrogen) atoms. The van der Waals surface area contributed by atoms with Gasteiger partial charge >= 0.3 is 0 Å². The average Bonchev–Trinajstić information content (AvgIpc) is 2.59. The zero-order chi connectivity index (χ0) is 12.8. The van der Waals surface area contributed by atoms with E-state index in [0.29, 0.717) is 12.5 Å². The van der Waals surface area contributed by atoms with Crippen LogP contribution in [0.4, 0.5) is 5.82 Å². The standard InChI is InChI=1S/C13H21N3S/c1-5-8-16-12(14)11(7-6-9-17-4)15-13(16)10(2)3/h1,10H,6-9,14H2,2-4H3. The van der Waals surface area contributed by atoms with Gasteiger partial charge in [-0.2, -0.15) is 11.8 Å². The number of nitrogens with zero attached hydrogens (tertiary/aromatic N) is 2. The van der Waals surface area contributed by atoms with Gasteiger partial charge in [-0.3, -0.25) is 0 Å². The highest BCUT2D eigenvalue weighted by Crippen LogP contribution is 2.22. The van der Waals surface area contributed by atoms with Crippen LogP contribution in [0.2, 0.25) is 0 Å². The Morgan fingerprint density at radius 3 is 2.76 bits per heavy atom. The van der Waals surface area contributed by atoms with E-state index in [1.807, 2.05) is 16.3 Å². The van der Waals surface area contributed by atoms with Gasteiger partial charge in [0.15, 0.2) is 0 Å². The molecular formula is C13H21N3S. The maximum Gasteiger partial charge on any atom is 0.127 e. The summed E-state index contributed by atoms with van der Waals surface area (Å²) in [5.41, 5.74) is 7.11. The Labute approximate surface area is 108 Å². The van der Waals surface area contributed by atoms with Gasteiger partial charge < -0.3 is 10.3 Å². The molecule has 0 aliphatic carbocycles. The molecule has 94 valence electrons. The monoisotopic (exact) mass is 251 g/mol. The van der Waals surface area contributed by atoms with Crippen LogP contribution in [0.1, 0.15) is 37.7 Å². The largest absolute Gasteiger partial charge is 0.384 e. The van der Waals surface area contributed by atoms with Crippen LogP contribution in [-0.2, 0) is 13.0 Å². The molecule has 1 rings (SSSR count). The number of nitrogens with two attached hydrogens (primary N) is 1. The molecule has 0 amide bonds. The highest BCUT2D eigenvalue weighted by atomic mass is 32.2. The van der Waals surface area contributed by atoms with Crippen molar-refractivity contribution in [1.82, 2.24) is 9.55 Å². The first kappa shape index (κ1) is 14.0. The van der Waals surface area contributed by atoms with E-state index in [0.717, 1.165) is 35.9 Å². The molecule has 0 aromatic carbocycles. The molecule has 0 atom stereocenters. The van der Waals surface area contributed by atoms with Crippen LogP contribution < -0.4 is 5.73 Å². The summed E-state index contributed by atoms with van der Waals surface area (Å²) < 4.78 is 1.96. The third kappa shape index (κ3) is 3.44. The third-order valence-electron chi connectivity index (χ3n) is 2.64. The van der Waals surface area contributed by atoms with Gasteiger partial charge in [-0.05, 0) is 24.9 Å². The number of aryl methyl sites for hydroxylation is 1. The van der Waals surface area contributed by atoms with E-state index >= 15 is 0 Å². The molecule has 0 fully saturated rings. The Morgan fingerprint density at radius 2 is 2.24 bits per heavy atom. The predicted molar refractivity (Wildman–Crippen MR) is 76.3 cm³/mol. The van der Waals surface area contributed by atoms with Crippen LogP contribution in [0.25, 0.3) is 0 Å². The van der Waals surface area contributed by atoms with Crippen molar-refractivity contribution < 1.29 is 0 Å². The molecule has 1 aromatic heterocycles. The highest BCUT2D eigenvalue weighted by Gasteiger charge is 2.15. The van der Waals surface area contributed by atoms with Gasteiger partial charge in [0.2, 0.25) is 0 Å². The van der Waals surface area contributed by atoms with E-state index in [2.05, 4.69) is 31.0 Å². The van der Waals surface area contributed by atoms with Gasteiger partial charge in [0.25, 0.3) is 0 Å². The van der Waals surface area contributed by atoms with E-state index in [1.165, 1.54) is 0 Å². The van der Waals surface area contributed by atoms with Crippen molar-refractivity contribution in [3.05, 3.63) is 11.5 Å². The van der Waals surface area contributed by atoms with Crippen molar-refractivity contribution in [1.29, 1.82) is 0 Å². The maximum absolute atomic E-state index is 6.11. The van der Waals surface area contributed by atoms with Gasteiger partial charge in [0.05, 0.1) is 12.2 Å². The molecule has 0 saturated heterocycles. The quantitative estimate of drug-likeness (QED) is 0.624. The first-order valence-electron chi connectivity index (χ1n) is 5.89. The van der Waals surface area contributed by atoms with Crippen molar-refractivity contribution in [2.45, 2.75) is 39.2 Å². The molecule has 0 bridgehead atoms. The lowest BCUT2D eigenvalue weighted by molar-refractivity contribution is 0.690. The van der Waals surface area contributed by atoms with Crippen LogP contribution in [0.15, 0.2) is 0 Å². The Morgan fingerprint density at radius 1 is 1.53 bits per heavy atom. The fourth-order valence-corrected chi connectivity index (χ4v) is 2.23. The Kier molecular flexibility index (Phi) is 5.43. The summed E-state index contributed by atoms with van der Waals surface area (Å²) in [6.07, 6.45) is 9.52. The smallest absolute Gasteiger partial charge is 0.127 e. The summed E-state index contributed by atoms with van der Waals surface area (Å²) >= 11 is 1.85. The Bertz CT molecular complexity index is 402. The molecule has 4 heteroatoms. The summed E-state index contributed by atoms with van der Waals surface area (Å²) in [4.78, 5) is 4.63. The first-order chi connectivity index (χ1) is 8.11. The second kappa shape index (κ2) is 6.61. The van der Waals surface area contributed by atoms with Gasteiger partial charge in [0.1, 0.15) is 11.6 Å². The van der Waals surface area contributed by atoms with Crippen LogP contribution in [0.3, 0.4) is 0 Å². The van der Waals surface area contributed by atoms with Gasteiger partial charge in [-0.15, -0.1) is 6.42 Å². The minimum Gasteiger partial charge on any atom is -0.384 e. The Balaban J connectivity index is 2.92. The number of imidazole rings is 1. The molecule has 0 unspecified atom stereocenters. The zero-order valence-corrected chi connectivity index (χ0v) is 11.7. The molecule has 1 heterocycles. The number of hydrogen-bond acceptors (Lipinski definition) is 3. The number of anilines is 1. The van der Waals surface area contributed by atoms with E-state index in [4.69, 9.17) is 12.2 Å². The van der Waals surface area contributed by atoms with Crippen molar-refractivity contribution >= 4 is 17.6 Å². The minimum atomic E-state index is 0.347. The molecule has 1 aromatic rings. The van der Waals surface area contributed by atoms with Crippen molar-refractivity contribution in [2.75, 3.05) is 17.7 Å². The van der Waals surface area contributed by atoms with Crippen LogP contribution in [0.5, 0.6) is 0 Å². The van der Waals surface area contributed by atoms with Gasteiger partial charge in [-0.1, -0.05) is 19.8 Å². The fourth-order valence-electron chi connectivity index (χ4n) is 1.80. The molecule has 2 N–H and O–H groups in total. The topological polar surface area (TPSA) is 43.8 Å². The van der Waals surface area contributed by atoms with Crippen LogP contribution >= 0.6 is 11.8 Å². The van der Waals surface area contributed by atoms with Crippen LogP contribution in [-0.4, -0.2) is 21.6 Å².